The van der Waals surface area contributed by atoms with Gasteiger partial charge in [0.15, 0.2) is 5.84 Å². The summed E-state index contributed by atoms with van der Waals surface area (Å²) in [6, 6.07) is 5.97. The van der Waals surface area contributed by atoms with Gasteiger partial charge in [-0.2, -0.15) is 0 Å². The summed E-state index contributed by atoms with van der Waals surface area (Å²) in [5.74, 6) is 1.94. The molecule has 0 aromatic heterocycles. The lowest BCUT2D eigenvalue weighted by Gasteiger charge is -2.08. The zero-order valence-electron chi connectivity index (χ0n) is 9.90. The Balaban J connectivity index is 2.83. The number of oxime groups is 1. The van der Waals surface area contributed by atoms with Gasteiger partial charge in [0.1, 0.15) is 0 Å². The highest BCUT2D eigenvalue weighted by Crippen LogP contribution is 2.23. The molecule has 0 aliphatic heterocycles. The number of hydrogen-bond acceptors (Lipinski definition) is 3. The molecule has 0 radical (unpaired) electrons. The normalized spacial score (nSPS) is 12.1. The second-order valence-electron chi connectivity index (χ2n) is 4.17. The van der Waals surface area contributed by atoms with Gasteiger partial charge < -0.3 is 10.9 Å². The van der Waals surface area contributed by atoms with Crippen LogP contribution in [0, 0.1) is 12.8 Å². The fourth-order valence-corrected chi connectivity index (χ4v) is 2.28. The largest absolute Gasteiger partial charge is 0.409 e. The summed E-state index contributed by atoms with van der Waals surface area (Å²) in [6.45, 7) is 6.36. The Morgan fingerprint density at radius 3 is 2.69 bits per heavy atom. The minimum absolute atomic E-state index is 0.165. The average Bonchev–Trinajstić information content (AvgIpc) is 2.25. The Labute approximate surface area is 101 Å². The second-order valence-corrected chi connectivity index (χ2v) is 5.26. The maximum atomic E-state index is 8.62. The van der Waals surface area contributed by atoms with Gasteiger partial charge in [-0.3, -0.25) is 0 Å². The lowest BCUT2D eigenvalue weighted by molar-refractivity contribution is 0.318. The predicted molar refractivity (Wildman–Crippen MR) is 69.3 cm³/mol. The van der Waals surface area contributed by atoms with Gasteiger partial charge in [0.25, 0.3) is 0 Å². The number of rotatable bonds is 4. The first-order valence-corrected chi connectivity index (χ1v) is 6.24. The van der Waals surface area contributed by atoms with Crippen LogP contribution in [0.15, 0.2) is 28.3 Å². The third-order valence-corrected chi connectivity index (χ3v) is 3.59. The highest BCUT2D eigenvalue weighted by atomic mass is 32.2. The Morgan fingerprint density at radius 1 is 1.50 bits per heavy atom. The molecule has 0 amide bonds. The molecule has 88 valence electrons. The van der Waals surface area contributed by atoms with Crippen molar-refractivity contribution in [1.82, 2.24) is 0 Å². The first-order valence-electron chi connectivity index (χ1n) is 5.26. The predicted octanol–water partition coefficient (Wildman–Crippen LogP) is 2.84. The molecule has 3 nitrogen and oxygen atoms in total. The van der Waals surface area contributed by atoms with Gasteiger partial charge >= 0.3 is 0 Å². The van der Waals surface area contributed by atoms with Crippen LogP contribution in [0.5, 0.6) is 0 Å². The molecule has 1 rings (SSSR count). The van der Waals surface area contributed by atoms with Crippen molar-refractivity contribution in [2.45, 2.75) is 25.7 Å². The third kappa shape index (κ3) is 3.45. The van der Waals surface area contributed by atoms with E-state index >= 15 is 0 Å². The maximum absolute atomic E-state index is 8.62. The number of thioether (sulfide) groups is 1. The van der Waals surface area contributed by atoms with Crippen LogP contribution in [0.3, 0.4) is 0 Å². The van der Waals surface area contributed by atoms with E-state index in [9.17, 15) is 0 Å². The van der Waals surface area contributed by atoms with Crippen LogP contribution in [-0.4, -0.2) is 16.8 Å². The lowest BCUT2D eigenvalue weighted by atomic mass is 10.1. The van der Waals surface area contributed by atoms with Gasteiger partial charge in [0.05, 0.1) is 0 Å². The minimum Gasteiger partial charge on any atom is -0.409 e. The molecule has 0 saturated heterocycles. The van der Waals surface area contributed by atoms with Crippen LogP contribution >= 0.6 is 11.8 Å². The summed E-state index contributed by atoms with van der Waals surface area (Å²) >= 11 is 1.83. The van der Waals surface area contributed by atoms with Crippen molar-refractivity contribution in [1.29, 1.82) is 0 Å². The van der Waals surface area contributed by atoms with Crippen LogP contribution in [0.4, 0.5) is 0 Å². The highest BCUT2D eigenvalue weighted by molar-refractivity contribution is 7.99. The monoisotopic (exact) mass is 238 g/mol. The Kier molecular flexibility index (Phi) is 4.68. The Morgan fingerprint density at radius 2 is 2.19 bits per heavy atom. The number of nitrogens with two attached hydrogens (primary N) is 1. The fourth-order valence-electron chi connectivity index (χ4n) is 1.33. The molecule has 4 heteroatoms. The minimum atomic E-state index is 0.165. The van der Waals surface area contributed by atoms with Crippen LogP contribution in [0.25, 0.3) is 0 Å². The third-order valence-electron chi connectivity index (χ3n) is 2.16. The first-order chi connectivity index (χ1) is 7.54. The summed E-state index contributed by atoms with van der Waals surface area (Å²) in [7, 11) is 0. The number of benzene rings is 1. The smallest absolute Gasteiger partial charge is 0.170 e. The van der Waals surface area contributed by atoms with E-state index < -0.39 is 0 Å². The molecule has 0 aliphatic rings. The van der Waals surface area contributed by atoms with Gasteiger partial charge in [0.2, 0.25) is 0 Å². The van der Waals surface area contributed by atoms with Crippen molar-refractivity contribution in [3.05, 3.63) is 29.3 Å². The zero-order valence-corrected chi connectivity index (χ0v) is 10.7. The van der Waals surface area contributed by atoms with Crippen molar-refractivity contribution in [3.63, 3.8) is 0 Å². The molecule has 0 heterocycles. The van der Waals surface area contributed by atoms with E-state index in [1.165, 1.54) is 4.90 Å². The lowest BCUT2D eigenvalue weighted by Crippen LogP contribution is -2.14. The SMILES string of the molecule is Cc1cc(SCC(C)C)ccc1/C(N)=N/O. The molecule has 16 heavy (non-hydrogen) atoms. The maximum Gasteiger partial charge on any atom is 0.170 e. The van der Waals surface area contributed by atoms with Crippen LogP contribution < -0.4 is 5.73 Å². The van der Waals surface area contributed by atoms with E-state index in [4.69, 9.17) is 10.9 Å². The van der Waals surface area contributed by atoms with Gasteiger partial charge in [0, 0.05) is 16.2 Å². The zero-order chi connectivity index (χ0) is 12.1. The summed E-state index contributed by atoms with van der Waals surface area (Å²) in [5.41, 5.74) is 7.38. The molecule has 0 fully saturated rings. The fraction of sp³-hybridized carbons (Fsp3) is 0.417. The molecular formula is C12H18N2OS. The molecular weight excluding hydrogens is 220 g/mol. The number of amidine groups is 1. The molecule has 0 spiro atoms. The van der Waals surface area contributed by atoms with Crippen molar-refractivity contribution in [3.8, 4) is 0 Å². The summed E-state index contributed by atoms with van der Waals surface area (Å²) in [5, 5.41) is 11.6. The quantitative estimate of drug-likeness (QED) is 0.279. The molecule has 0 atom stereocenters. The summed E-state index contributed by atoms with van der Waals surface area (Å²) in [6.07, 6.45) is 0. The van der Waals surface area contributed by atoms with Gasteiger partial charge in [-0.15, -0.1) is 11.8 Å². The highest BCUT2D eigenvalue weighted by Gasteiger charge is 2.05. The number of hydrogen-bond donors (Lipinski definition) is 2. The molecule has 3 N–H and O–H groups in total. The van der Waals surface area contributed by atoms with Crippen molar-refractivity contribution < 1.29 is 5.21 Å². The van der Waals surface area contributed by atoms with Crippen molar-refractivity contribution in [2.75, 3.05) is 5.75 Å². The van der Waals surface area contributed by atoms with Crippen molar-refractivity contribution in [2.24, 2.45) is 16.8 Å². The second kappa shape index (κ2) is 5.80. The Hall–Kier alpha value is -1.16. The topological polar surface area (TPSA) is 58.6 Å². The van der Waals surface area contributed by atoms with E-state index in [1.807, 2.05) is 30.8 Å². The molecule has 0 bridgehead atoms. The van der Waals surface area contributed by atoms with E-state index in [2.05, 4.69) is 25.1 Å². The molecule has 0 aliphatic carbocycles. The molecule has 0 saturated carbocycles. The van der Waals surface area contributed by atoms with E-state index in [0.29, 0.717) is 5.92 Å². The van der Waals surface area contributed by atoms with E-state index in [-0.39, 0.29) is 5.84 Å². The molecule has 1 aromatic carbocycles. The first kappa shape index (κ1) is 12.9. The van der Waals surface area contributed by atoms with Crippen LogP contribution in [0.2, 0.25) is 0 Å². The summed E-state index contributed by atoms with van der Waals surface area (Å²) < 4.78 is 0. The number of aryl methyl sites for hydroxylation is 1. The van der Waals surface area contributed by atoms with Gasteiger partial charge in [-0.1, -0.05) is 19.0 Å². The number of nitrogens with zero attached hydrogens (tertiary/aromatic N) is 1. The van der Waals surface area contributed by atoms with Gasteiger partial charge in [-0.25, -0.2) is 0 Å². The van der Waals surface area contributed by atoms with Crippen molar-refractivity contribution >= 4 is 17.6 Å². The van der Waals surface area contributed by atoms with E-state index in [1.54, 1.807) is 0 Å². The molecule has 0 unspecified atom stereocenters. The van der Waals surface area contributed by atoms with Gasteiger partial charge in [-0.05, 0) is 36.6 Å². The van der Waals surface area contributed by atoms with Crippen LogP contribution in [-0.2, 0) is 0 Å². The molecule has 1 aromatic rings. The van der Waals surface area contributed by atoms with Crippen LogP contribution in [0.1, 0.15) is 25.0 Å². The summed E-state index contributed by atoms with van der Waals surface area (Å²) in [4.78, 5) is 1.22. The van der Waals surface area contributed by atoms with E-state index in [0.717, 1.165) is 16.9 Å². The standard InChI is InChI=1S/C12H18N2OS/c1-8(2)7-16-10-4-5-11(9(3)6-10)12(13)14-15/h4-6,8,15H,7H2,1-3H3,(H2,13,14). The Bertz CT molecular complexity index is 389. The average molecular weight is 238 g/mol.